The zero-order chi connectivity index (χ0) is 12.0. The first kappa shape index (κ1) is 12.5. The van der Waals surface area contributed by atoms with E-state index in [1.54, 1.807) is 6.92 Å². The Labute approximate surface area is 93.6 Å². The first-order chi connectivity index (χ1) is 7.67. The molecule has 1 rings (SSSR count). The number of carbonyl (C=O) groups excluding carboxylic acids is 1. The van der Waals surface area contributed by atoms with E-state index in [1.807, 2.05) is 6.92 Å². The number of rotatable bonds is 6. The molecule has 1 atom stereocenters. The highest BCUT2D eigenvalue weighted by Gasteiger charge is 2.13. The van der Waals surface area contributed by atoms with E-state index in [-0.39, 0.29) is 24.2 Å². The standard InChI is InChI=1S/C10H16N2O4/c1-3-15-9(14)8-6-16-10(12-8)11-4-7(2)5-13/h6-7,13H,3-5H2,1-2H3,(H,11,12). The summed E-state index contributed by atoms with van der Waals surface area (Å²) in [6.45, 7) is 4.51. The molecule has 0 radical (unpaired) electrons. The Morgan fingerprint density at radius 2 is 2.50 bits per heavy atom. The molecule has 0 fully saturated rings. The number of oxazole rings is 1. The summed E-state index contributed by atoms with van der Waals surface area (Å²) in [5.41, 5.74) is 0.140. The van der Waals surface area contributed by atoms with Crippen LogP contribution in [0.3, 0.4) is 0 Å². The number of aromatic nitrogens is 1. The summed E-state index contributed by atoms with van der Waals surface area (Å²) in [6.07, 6.45) is 1.24. The van der Waals surface area contributed by atoms with E-state index < -0.39 is 5.97 Å². The first-order valence-electron chi connectivity index (χ1n) is 5.14. The van der Waals surface area contributed by atoms with Gasteiger partial charge >= 0.3 is 5.97 Å². The number of anilines is 1. The summed E-state index contributed by atoms with van der Waals surface area (Å²) in [4.78, 5) is 15.1. The van der Waals surface area contributed by atoms with Crippen molar-refractivity contribution in [3.8, 4) is 0 Å². The van der Waals surface area contributed by atoms with Crippen LogP contribution in [0.25, 0.3) is 0 Å². The second-order valence-corrected chi connectivity index (χ2v) is 3.43. The van der Waals surface area contributed by atoms with Gasteiger partial charge in [0.1, 0.15) is 6.26 Å². The molecule has 6 nitrogen and oxygen atoms in total. The maximum atomic E-state index is 11.2. The van der Waals surface area contributed by atoms with E-state index in [0.29, 0.717) is 13.2 Å². The van der Waals surface area contributed by atoms with Gasteiger partial charge in [0.15, 0.2) is 5.69 Å². The van der Waals surface area contributed by atoms with Crippen LogP contribution in [0.4, 0.5) is 6.01 Å². The molecule has 0 aliphatic carbocycles. The van der Waals surface area contributed by atoms with Crippen molar-refractivity contribution in [2.24, 2.45) is 5.92 Å². The third kappa shape index (κ3) is 3.54. The SMILES string of the molecule is CCOC(=O)c1coc(NCC(C)CO)n1. The van der Waals surface area contributed by atoms with Crippen molar-refractivity contribution in [1.82, 2.24) is 4.98 Å². The van der Waals surface area contributed by atoms with E-state index in [2.05, 4.69) is 10.3 Å². The van der Waals surface area contributed by atoms with Gasteiger partial charge in [-0.15, -0.1) is 0 Å². The second-order valence-electron chi connectivity index (χ2n) is 3.43. The lowest BCUT2D eigenvalue weighted by Gasteiger charge is -2.06. The van der Waals surface area contributed by atoms with Crippen molar-refractivity contribution in [2.45, 2.75) is 13.8 Å². The predicted molar refractivity (Wildman–Crippen MR) is 57.2 cm³/mol. The second kappa shape index (κ2) is 6.12. The molecule has 0 saturated heterocycles. The van der Waals surface area contributed by atoms with E-state index in [9.17, 15) is 4.79 Å². The highest BCUT2D eigenvalue weighted by atomic mass is 16.5. The summed E-state index contributed by atoms with van der Waals surface area (Å²) < 4.78 is 9.78. The van der Waals surface area contributed by atoms with Crippen molar-refractivity contribution < 1.29 is 19.1 Å². The highest BCUT2D eigenvalue weighted by molar-refractivity contribution is 5.87. The van der Waals surface area contributed by atoms with Crippen LogP contribution >= 0.6 is 0 Å². The molecule has 16 heavy (non-hydrogen) atoms. The maximum absolute atomic E-state index is 11.2. The Balaban J connectivity index is 2.48. The van der Waals surface area contributed by atoms with Gasteiger partial charge in [0.05, 0.1) is 6.61 Å². The lowest BCUT2D eigenvalue weighted by molar-refractivity contribution is 0.0519. The van der Waals surface area contributed by atoms with E-state index in [0.717, 1.165) is 0 Å². The minimum Gasteiger partial charge on any atom is -0.461 e. The smallest absolute Gasteiger partial charge is 0.360 e. The van der Waals surface area contributed by atoms with Crippen LogP contribution < -0.4 is 5.32 Å². The summed E-state index contributed by atoms with van der Waals surface area (Å²) >= 11 is 0. The quantitative estimate of drug-likeness (QED) is 0.703. The Hall–Kier alpha value is -1.56. The number of ether oxygens (including phenoxy) is 1. The Kier molecular flexibility index (Phi) is 4.78. The molecule has 0 bridgehead atoms. The summed E-state index contributed by atoms with van der Waals surface area (Å²) in [6, 6.07) is 0.253. The lowest BCUT2D eigenvalue weighted by atomic mass is 10.2. The van der Waals surface area contributed by atoms with Crippen LogP contribution in [0.5, 0.6) is 0 Å². The van der Waals surface area contributed by atoms with Crippen LogP contribution in [0.15, 0.2) is 10.7 Å². The molecule has 0 aromatic carbocycles. The molecule has 1 heterocycles. The average molecular weight is 228 g/mol. The zero-order valence-corrected chi connectivity index (χ0v) is 9.40. The molecule has 0 saturated carbocycles. The van der Waals surface area contributed by atoms with Gasteiger partial charge in [0.2, 0.25) is 0 Å². The predicted octanol–water partition coefficient (Wildman–Crippen LogP) is 0.892. The molecular weight excluding hydrogens is 212 g/mol. The average Bonchev–Trinajstić information content (AvgIpc) is 2.75. The van der Waals surface area contributed by atoms with Gasteiger partial charge in [-0.2, -0.15) is 4.98 Å². The van der Waals surface area contributed by atoms with Crippen LogP contribution in [0.2, 0.25) is 0 Å². The lowest BCUT2D eigenvalue weighted by Crippen LogP contribution is -2.14. The zero-order valence-electron chi connectivity index (χ0n) is 9.40. The summed E-state index contributed by atoms with van der Waals surface area (Å²) in [5, 5.41) is 11.7. The normalized spacial score (nSPS) is 12.2. The molecule has 1 aromatic heterocycles. The van der Waals surface area contributed by atoms with Crippen LogP contribution in [-0.2, 0) is 4.74 Å². The topological polar surface area (TPSA) is 84.6 Å². The highest BCUT2D eigenvalue weighted by Crippen LogP contribution is 2.09. The molecule has 0 aliphatic heterocycles. The van der Waals surface area contributed by atoms with Gasteiger partial charge in [-0.05, 0) is 12.8 Å². The molecule has 90 valence electrons. The molecule has 1 unspecified atom stereocenters. The molecule has 6 heteroatoms. The van der Waals surface area contributed by atoms with E-state index in [4.69, 9.17) is 14.3 Å². The minimum absolute atomic E-state index is 0.0818. The molecule has 0 aliphatic rings. The van der Waals surface area contributed by atoms with Gasteiger partial charge in [0, 0.05) is 13.2 Å². The van der Waals surface area contributed by atoms with Gasteiger partial charge < -0.3 is 19.6 Å². The number of hydrogen-bond donors (Lipinski definition) is 2. The number of nitrogens with one attached hydrogen (secondary N) is 1. The third-order valence-electron chi connectivity index (χ3n) is 1.90. The first-order valence-corrected chi connectivity index (χ1v) is 5.14. The van der Waals surface area contributed by atoms with Crippen molar-refractivity contribution in [1.29, 1.82) is 0 Å². The van der Waals surface area contributed by atoms with Gasteiger partial charge in [-0.25, -0.2) is 4.79 Å². The van der Waals surface area contributed by atoms with Gasteiger partial charge in [-0.1, -0.05) is 6.92 Å². The third-order valence-corrected chi connectivity index (χ3v) is 1.90. The fourth-order valence-corrected chi connectivity index (χ4v) is 0.980. The van der Waals surface area contributed by atoms with Crippen LogP contribution in [0.1, 0.15) is 24.3 Å². The number of hydrogen-bond acceptors (Lipinski definition) is 6. The van der Waals surface area contributed by atoms with Crippen LogP contribution in [0, 0.1) is 5.92 Å². The fraction of sp³-hybridized carbons (Fsp3) is 0.600. The van der Waals surface area contributed by atoms with Crippen molar-refractivity contribution >= 4 is 12.0 Å². The molecule has 1 aromatic rings. The van der Waals surface area contributed by atoms with Crippen molar-refractivity contribution in [3.63, 3.8) is 0 Å². The molecule has 0 spiro atoms. The minimum atomic E-state index is -0.505. The molecule has 2 N–H and O–H groups in total. The number of nitrogens with zero attached hydrogens (tertiary/aromatic N) is 1. The number of esters is 1. The molecular formula is C10H16N2O4. The maximum Gasteiger partial charge on any atom is 0.360 e. The van der Waals surface area contributed by atoms with Crippen LogP contribution in [-0.4, -0.2) is 35.8 Å². The summed E-state index contributed by atoms with van der Waals surface area (Å²) in [7, 11) is 0. The number of aliphatic hydroxyl groups excluding tert-OH is 1. The number of carbonyl (C=O) groups is 1. The number of aliphatic hydroxyl groups is 1. The van der Waals surface area contributed by atoms with E-state index in [1.165, 1.54) is 6.26 Å². The van der Waals surface area contributed by atoms with E-state index >= 15 is 0 Å². The van der Waals surface area contributed by atoms with Crippen molar-refractivity contribution in [3.05, 3.63) is 12.0 Å². The fourth-order valence-electron chi connectivity index (χ4n) is 0.980. The Morgan fingerprint density at radius 1 is 1.75 bits per heavy atom. The van der Waals surface area contributed by atoms with Gasteiger partial charge in [-0.3, -0.25) is 0 Å². The Morgan fingerprint density at radius 3 is 3.12 bits per heavy atom. The molecule has 0 amide bonds. The Bertz CT molecular complexity index is 337. The largest absolute Gasteiger partial charge is 0.461 e. The van der Waals surface area contributed by atoms with Gasteiger partial charge in [0.25, 0.3) is 6.01 Å². The monoisotopic (exact) mass is 228 g/mol. The summed E-state index contributed by atoms with van der Waals surface area (Å²) in [5.74, 6) is -0.410. The van der Waals surface area contributed by atoms with Crippen molar-refractivity contribution in [2.75, 3.05) is 25.1 Å².